The fraction of sp³-hybridized carbons (Fsp3) is 0.0690. The fourth-order valence-electron chi connectivity index (χ4n) is 11.2. The second kappa shape index (κ2) is 13.8. The van der Waals surface area contributed by atoms with E-state index in [4.69, 9.17) is 4.42 Å². The number of hydrogen-bond donors (Lipinski definition) is 0. The van der Waals surface area contributed by atoms with E-state index in [1.807, 2.05) is 29.2 Å². The highest BCUT2D eigenvalue weighted by atomic mass is 19.4. The first kappa shape index (κ1) is 37.6. The molecule has 0 bridgehead atoms. The number of nitrogens with zero attached hydrogens (tertiary/aromatic N) is 2. The summed E-state index contributed by atoms with van der Waals surface area (Å²) in [4.78, 5) is 4.43. The lowest BCUT2D eigenvalue weighted by atomic mass is 9.62. The van der Waals surface area contributed by atoms with E-state index in [-0.39, 0.29) is 5.58 Å². The number of furan rings is 1. The zero-order valence-electron chi connectivity index (χ0n) is 34.7. The van der Waals surface area contributed by atoms with Crippen molar-refractivity contribution in [3.63, 3.8) is 0 Å². The van der Waals surface area contributed by atoms with Gasteiger partial charge in [-0.3, -0.25) is 0 Å². The lowest BCUT2D eigenvalue weighted by Gasteiger charge is -2.48. The molecule has 0 saturated carbocycles. The number of benzene rings is 9. The summed E-state index contributed by atoms with van der Waals surface area (Å²) in [5.74, 6) is -0.407. The SMILES string of the molecule is Fc1ccc(N(c2cc3c(c4ccccc24)-c2c(ccc4ccccc24)C32C3=CCCC=C3N(c3ccccc3)c3ccccc32)c2cccc3c2oc2c(C(F)(F)F)cccc23)cc1. The summed E-state index contributed by atoms with van der Waals surface area (Å²) in [6.45, 7) is 0. The topological polar surface area (TPSA) is 19.6 Å². The Bertz CT molecular complexity index is 3680. The van der Waals surface area contributed by atoms with E-state index in [1.54, 1.807) is 24.3 Å². The summed E-state index contributed by atoms with van der Waals surface area (Å²) >= 11 is 0. The van der Waals surface area contributed by atoms with Crippen molar-refractivity contribution in [2.75, 3.05) is 9.80 Å². The molecule has 1 aromatic heterocycles. The smallest absolute Gasteiger partial charge is 0.420 e. The highest BCUT2D eigenvalue weighted by molar-refractivity contribution is 6.18. The maximum Gasteiger partial charge on any atom is 0.420 e. The van der Waals surface area contributed by atoms with Crippen LogP contribution >= 0.6 is 0 Å². The molecule has 0 saturated heterocycles. The van der Waals surface area contributed by atoms with Crippen LogP contribution in [0.5, 0.6) is 0 Å². The Morgan fingerprint density at radius 1 is 0.523 bits per heavy atom. The van der Waals surface area contributed by atoms with Crippen LogP contribution in [-0.2, 0) is 11.6 Å². The van der Waals surface area contributed by atoms with Gasteiger partial charge in [-0.25, -0.2) is 4.39 Å². The van der Waals surface area contributed by atoms with Gasteiger partial charge in [0, 0.05) is 33.2 Å². The van der Waals surface area contributed by atoms with Crippen molar-refractivity contribution in [2.24, 2.45) is 0 Å². The van der Waals surface area contributed by atoms with Gasteiger partial charge in [-0.05, 0) is 123 Å². The van der Waals surface area contributed by atoms with Crippen LogP contribution in [0, 0.1) is 5.82 Å². The summed E-state index contributed by atoms with van der Waals surface area (Å²) in [5.41, 5.74) is 10.5. The van der Waals surface area contributed by atoms with Gasteiger partial charge < -0.3 is 14.2 Å². The van der Waals surface area contributed by atoms with Crippen LogP contribution in [0.3, 0.4) is 0 Å². The highest BCUT2D eigenvalue weighted by Gasteiger charge is 2.54. The Labute approximate surface area is 371 Å². The predicted octanol–water partition coefficient (Wildman–Crippen LogP) is 16.6. The quantitative estimate of drug-likeness (QED) is 0.164. The van der Waals surface area contributed by atoms with E-state index in [2.05, 4.69) is 126 Å². The number of rotatable bonds is 4. The Kier molecular flexibility index (Phi) is 7.99. The van der Waals surface area contributed by atoms with Crippen LogP contribution < -0.4 is 9.80 Å². The second-order valence-electron chi connectivity index (χ2n) is 17.0. The first-order chi connectivity index (χ1) is 31.8. The van der Waals surface area contributed by atoms with Crippen LogP contribution in [0.2, 0.25) is 0 Å². The maximum absolute atomic E-state index is 14.9. The molecule has 3 nitrogen and oxygen atoms in total. The first-order valence-electron chi connectivity index (χ1n) is 21.8. The Hall–Kier alpha value is -7.90. The summed E-state index contributed by atoms with van der Waals surface area (Å²) in [6.07, 6.45) is 1.91. The third-order valence-electron chi connectivity index (χ3n) is 13.7. The molecule has 65 heavy (non-hydrogen) atoms. The van der Waals surface area contributed by atoms with Crippen LogP contribution in [0.25, 0.3) is 54.6 Å². The number of hydrogen-bond acceptors (Lipinski definition) is 3. The molecule has 1 aliphatic heterocycles. The van der Waals surface area contributed by atoms with Crippen molar-refractivity contribution >= 4 is 71.9 Å². The van der Waals surface area contributed by atoms with Gasteiger partial charge in [-0.1, -0.05) is 133 Å². The molecule has 0 N–H and O–H groups in total. The highest BCUT2D eigenvalue weighted by Crippen LogP contribution is 2.66. The van der Waals surface area contributed by atoms with Gasteiger partial charge in [-0.2, -0.15) is 13.2 Å². The van der Waals surface area contributed by atoms with Crippen molar-refractivity contribution in [3.8, 4) is 11.1 Å². The van der Waals surface area contributed by atoms with Crippen LogP contribution in [-0.4, -0.2) is 0 Å². The van der Waals surface area contributed by atoms with Crippen molar-refractivity contribution in [1.82, 2.24) is 0 Å². The average Bonchev–Trinajstić information content (AvgIpc) is 3.87. The number of allylic oxidation sites excluding steroid dienone is 3. The molecule has 0 amide bonds. The third kappa shape index (κ3) is 5.24. The molecule has 1 spiro atoms. The van der Waals surface area contributed by atoms with Crippen molar-refractivity contribution in [3.05, 3.63) is 233 Å². The molecule has 3 aliphatic rings. The van der Waals surface area contributed by atoms with E-state index in [9.17, 15) is 17.6 Å². The molecule has 7 heteroatoms. The lowest BCUT2D eigenvalue weighted by Crippen LogP contribution is -2.41. The monoisotopic (exact) mass is 852 g/mol. The van der Waals surface area contributed by atoms with Gasteiger partial charge in [0.2, 0.25) is 0 Å². The third-order valence-corrected chi connectivity index (χ3v) is 13.7. The predicted molar refractivity (Wildman–Crippen MR) is 254 cm³/mol. The molecule has 0 fully saturated rings. The summed E-state index contributed by atoms with van der Waals surface area (Å²) in [6, 6.07) is 59.0. The molecule has 13 rings (SSSR count). The zero-order valence-corrected chi connectivity index (χ0v) is 34.7. The van der Waals surface area contributed by atoms with E-state index < -0.39 is 23.0 Å². The molecule has 1 atom stereocenters. The fourth-order valence-corrected chi connectivity index (χ4v) is 11.2. The minimum atomic E-state index is -4.64. The molecule has 0 radical (unpaired) electrons. The molecule has 9 aromatic carbocycles. The first-order valence-corrected chi connectivity index (χ1v) is 21.8. The summed E-state index contributed by atoms with van der Waals surface area (Å²) in [7, 11) is 0. The number of halogens is 4. The standard InChI is InChI=1S/C58H36F4N2O/c59-36-29-31-38(32-30-36)64(51-27-13-21-43-42-20-12-24-47(58(60,61)62)55(42)65-56(43)51)52-34-48-54(41-19-7-6-18-40(41)52)53-39-17-5-4-14-35(39)28-33-46(53)57(48)44-22-8-10-25-49(44)63(37-15-2-1-3-16-37)50-26-11-9-23-45(50)57/h1-8,10,12-34H,9,11H2. The normalized spacial score (nSPS) is 16.4. The maximum atomic E-state index is 14.9. The molecule has 1 unspecified atom stereocenters. The molecular formula is C58H36F4N2O. The minimum Gasteiger partial charge on any atom is -0.453 e. The molecule has 312 valence electrons. The number of fused-ring (bicyclic) bond motifs is 16. The number of para-hydroxylation sites is 4. The Morgan fingerprint density at radius 2 is 1.18 bits per heavy atom. The van der Waals surface area contributed by atoms with Crippen LogP contribution in [0.4, 0.5) is 46.0 Å². The largest absolute Gasteiger partial charge is 0.453 e. The molecule has 10 aromatic rings. The van der Waals surface area contributed by atoms with Gasteiger partial charge in [-0.15, -0.1) is 0 Å². The minimum absolute atomic E-state index is 0.230. The second-order valence-corrected chi connectivity index (χ2v) is 17.0. The summed E-state index contributed by atoms with van der Waals surface area (Å²) < 4.78 is 65.1. The molecular weight excluding hydrogens is 817 g/mol. The van der Waals surface area contributed by atoms with Gasteiger partial charge in [0.25, 0.3) is 0 Å². The molecule has 2 aliphatic carbocycles. The van der Waals surface area contributed by atoms with E-state index in [0.717, 1.165) is 79.9 Å². The van der Waals surface area contributed by atoms with Crippen LogP contribution in [0.15, 0.2) is 210 Å². The lowest BCUT2D eigenvalue weighted by molar-refractivity contribution is -0.136. The number of alkyl halides is 3. The van der Waals surface area contributed by atoms with Crippen LogP contribution in [0.1, 0.15) is 35.1 Å². The van der Waals surface area contributed by atoms with E-state index in [1.165, 1.54) is 34.9 Å². The van der Waals surface area contributed by atoms with E-state index in [0.29, 0.717) is 27.7 Å². The van der Waals surface area contributed by atoms with Gasteiger partial charge in [0.05, 0.1) is 28.0 Å². The number of anilines is 5. The van der Waals surface area contributed by atoms with Crippen molar-refractivity contribution in [2.45, 2.75) is 24.4 Å². The summed E-state index contributed by atoms with van der Waals surface area (Å²) in [5, 5.41) is 5.12. The van der Waals surface area contributed by atoms with Crippen molar-refractivity contribution < 1.29 is 22.0 Å². The van der Waals surface area contributed by atoms with E-state index >= 15 is 0 Å². The average molecular weight is 853 g/mol. The van der Waals surface area contributed by atoms with Gasteiger partial charge in [0.15, 0.2) is 5.58 Å². The van der Waals surface area contributed by atoms with Gasteiger partial charge in [0.1, 0.15) is 11.4 Å². The Balaban J connectivity index is 1.19. The Morgan fingerprint density at radius 3 is 2.00 bits per heavy atom. The van der Waals surface area contributed by atoms with Gasteiger partial charge >= 0.3 is 6.18 Å². The molecule has 2 heterocycles. The zero-order chi connectivity index (χ0) is 43.6. The van der Waals surface area contributed by atoms with Crippen molar-refractivity contribution in [1.29, 1.82) is 0 Å².